The maximum Gasteiger partial charge on any atom is 0.206 e. The fraction of sp³-hybridized carbons (Fsp3) is 0.231. The van der Waals surface area contributed by atoms with Crippen molar-refractivity contribution in [3.63, 3.8) is 0 Å². The summed E-state index contributed by atoms with van der Waals surface area (Å²) in [7, 11) is -3.64. The number of H-pyrrole nitrogens is 2. The molecule has 8 nitrogen and oxygen atoms in total. The number of hydrogen-bond donors (Lipinski definition) is 2. The van der Waals surface area contributed by atoms with Crippen LogP contribution >= 0.6 is 11.6 Å². The Bertz CT molecular complexity index is 1640. The first-order valence-corrected chi connectivity index (χ1v) is 13.6. The van der Waals surface area contributed by atoms with Crippen molar-refractivity contribution >= 4 is 32.5 Å². The maximum absolute atomic E-state index is 13.2. The standard InChI is InChI=1S/C26H25ClN6O2S/c1-4-20(25-28-22-13-15(2)12-16(3)24(22)29-25)17-8-10-19(11-9-17)36(34,35)14-18-6-5-7-21(23(18)27)26-30-32-33-31-26/h5-13,20H,4,14H2,1-3H3,(H,28,29)(H,30,31,32,33). The molecule has 0 aliphatic rings. The highest BCUT2D eigenvalue weighted by atomic mass is 35.5. The van der Waals surface area contributed by atoms with Gasteiger partial charge in [0.25, 0.3) is 0 Å². The molecule has 184 valence electrons. The molecule has 2 aromatic heterocycles. The molecule has 1 unspecified atom stereocenters. The summed E-state index contributed by atoms with van der Waals surface area (Å²) in [4.78, 5) is 8.56. The second-order valence-corrected chi connectivity index (χ2v) is 11.3. The van der Waals surface area contributed by atoms with Crippen molar-refractivity contribution in [2.45, 2.75) is 43.8 Å². The summed E-state index contributed by atoms with van der Waals surface area (Å²) in [5, 5.41) is 14.1. The van der Waals surface area contributed by atoms with E-state index in [1.165, 1.54) is 5.56 Å². The number of aromatic amines is 2. The minimum atomic E-state index is -3.64. The highest BCUT2D eigenvalue weighted by Crippen LogP contribution is 2.32. The van der Waals surface area contributed by atoms with Crippen LogP contribution in [0.4, 0.5) is 0 Å². The Kier molecular flexibility index (Phi) is 6.36. The summed E-state index contributed by atoms with van der Waals surface area (Å²) in [5.41, 5.74) is 6.29. The Morgan fingerprint density at radius 1 is 1.06 bits per heavy atom. The van der Waals surface area contributed by atoms with Crippen LogP contribution in [0.2, 0.25) is 5.02 Å². The van der Waals surface area contributed by atoms with Gasteiger partial charge in [0.05, 0.1) is 26.7 Å². The van der Waals surface area contributed by atoms with Gasteiger partial charge in [-0.1, -0.05) is 48.9 Å². The second kappa shape index (κ2) is 9.48. The molecule has 0 fully saturated rings. The average molecular weight is 521 g/mol. The number of sulfone groups is 1. The molecule has 0 spiro atoms. The van der Waals surface area contributed by atoms with Gasteiger partial charge < -0.3 is 4.98 Å². The molecule has 0 aliphatic carbocycles. The molecule has 0 radical (unpaired) electrons. The van der Waals surface area contributed by atoms with Gasteiger partial charge in [0, 0.05) is 11.5 Å². The average Bonchev–Trinajstić information content (AvgIpc) is 3.52. The van der Waals surface area contributed by atoms with Crippen LogP contribution in [0, 0.1) is 13.8 Å². The lowest BCUT2D eigenvalue weighted by Crippen LogP contribution is -2.07. The van der Waals surface area contributed by atoms with E-state index >= 15 is 0 Å². The molecule has 0 amide bonds. The predicted octanol–water partition coefficient (Wildman–Crippen LogP) is 5.53. The Labute approximate surface area is 214 Å². The van der Waals surface area contributed by atoms with Gasteiger partial charge in [-0.15, -0.1) is 10.2 Å². The van der Waals surface area contributed by atoms with E-state index in [-0.39, 0.29) is 16.6 Å². The third kappa shape index (κ3) is 4.52. The molecule has 2 N–H and O–H groups in total. The molecule has 5 rings (SSSR count). The van der Waals surface area contributed by atoms with Gasteiger partial charge in [0.2, 0.25) is 5.82 Å². The molecule has 2 heterocycles. The van der Waals surface area contributed by atoms with E-state index < -0.39 is 9.84 Å². The largest absolute Gasteiger partial charge is 0.341 e. The lowest BCUT2D eigenvalue weighted by molar-refractivity contribution is 0.595. The quantitative estimate of drug-likeness (QED) is 0.291. The van der Waals surface area contributed by atoms with Gasteiger partial charge in [-0.2, -0.15) is 5.21 Å². The van der Waals surface area contributed by atoms with Crippen LogP contribution in [0.3, 0.4) is 0 Å². The fourth-order valence-electron chi connectivity index (χ4n) is 4.58. The Hall–Kier alpha value is -3.56. The van der Waals surface area contributed by atoms with Gasteiger partial charge in [0.15, 0.2) is 9.84 Å². The number of nitrogens with one attached hydrogen (secondary N) is 2. The predicted molar refractivity (Wildman–Crippen MR) is 140 cm³/mol. The van der Waals surface area contributed by atoms with E-state index in [2.05, 4.69) is 58.5 Å². The number of fused-ring (bicyclic) bond motifs is 1. The van der Waals surface area contributed by atoms with E-state index in [1.54, 1.807) is 30.3 Å². The molecule has 5 aromatic rings. The molecular formula is C26H25ClN6O2S. The third-order valence-corrected chi connectivity index (χ3v) is 8.46. The van der Waals surface area contributed by atoms with Crippen LogP contribution in [0.1, 0.15) is 47.3 Å². The number of nitrogens with zero attached hydrogens (tertiary/aromatic N) is 4. The number of aryl methyl sites for hydroxylation is 2. The van der Waals surface area contributed by atoms with Crippen molar-refractivity contribution in [3.8, 4) is 11.4 Å². The van der Waals surface area contributed by atoms with Gasteiger partial charge in [-0.3, -0.25) is 0 Å². The number of tetrazole rings is 1. The van der Waals surface area contributed by atoms with Crippen LogP contribution in [-0.4, -0.2) is 39.0 Å². The van der Waals surface area contributed by atoms with Crippen molar-refractivity contribution in [2.24, 2.45) is 0 Å². The van der Waals surface area contributed by atoms with Gasteiger partial charge in [-0.25, -0.2) is 13.4 Å². The first kappa shape index (κ1) is 24.1. The topological polar surface area (TPSA) is 117 Å². The Morgan fingerprint density at radius 3 is 2.53 bits per heavy atom. The van der Waals surface area contributed by atoms with Crippen LogP contribution in [0.25, 0.3) is 22.4 Å². The van der Waals surface area contributed by atoms with E-state index in [0.29, 0.717) is 22.0 Å². The summed E-state index contributed by atoms with van der Waals surface area (Å²) < 4.78 is 26.5. The Morgan fingerprint density at radius 2 is 1.83 bits per heavy atom. The molecule has 10 heteroatoms. The first-order valence-electron chi connectivity index (χ1n) is 11.6. The molecule has 36 heavy (non-hydrogen) atoms. The number of imidazole rings is 1. The lowest BCUT2D eigenvalue weighted by Gasteiger charge is -2.14. The number of halogens is 1. The summed E-state index contributed by atoms with van der Waals surface area (Å²) in [5.74, 6) is 0.970. The van der Waals surface area contributed by atoms with E-state index in [9.17, 15) is 8.42 Å². The minimum absolute atomic E-state index is 0.0231. The van der Waals surface area contributed by atoms with Crippen LogP contribution in [-0.2, 0) is 15.6 Å². The summed E-state index contributed by atoms with van der Waals surface area (Å²) >= 11 is 6.50. The van der Waals surface area contributed by atoms with E-state index in [0.717, 1.165) is 34.4 Å². The van der Waals surface area contributed by atoms with Crippen molar-refractivity contribution < 1.29 is 8.42 Å². The monoisotopic (exact) mass is 520 g/mol. The van der Waals surface area contributed by atoms with Crippen molar-refractivity contribution in [1.29, 1.82) is 0 Å². The minimum Gasteiger partial charge on any atom is -0.341 e. The van der Waals surface area contributed by atoms with Crippen LogP contribution in [0.15, 0.2) is 59.5 Å². The Balaban J connectivity index is 1.42. The zero-order valence-corrected chi connectivity index (χ0v) is 21.7. The summed E-state index contributed by atoms with van der Waals surface area (Å²) in [6.07, 6.45) is 0.822. The lowest BCUT2D eigenvalue weighted by atomic mass is 9.96. The second-order valence-electron chi connectivity index (χ2n) is 8.90. The molecule has 0 saturated carbocycles. The number of benzene rings is 3. The highest BCUT2D eigenvalue weighted by Gasteiger charge is 2.22. The zero-order chi connectivity index (χ0) is 25.4. The molecule has 0 saturated heterocycles. The first-order chi connectivity index (χ1) is 17.3. The van der Waals surface area contributed by atoms with Crippen LogP contribution < -0.4 is 0 Å². The smallest absolute Gasteiger partial charge is 0.206 e. The van der Waals surface area contributed by atoms with Crippen LogP contribution in [0.5, 0.6) is 0 Å². The molecule has 1 atom stereocenters. The van der Waals surface area contributed by atoms with Gasteiger partial charge in [-0.05, 0) is 72.0 Å². The molecule has 3 aromatic carbocycles. The summed E-state index contributed by atoms with van der Waals surface area (Å²) in [6.45, 7) is 6.22. The number of rotatable bonds is 7. The maximum atomic E-state index is 13.2. The van der Waals surface area contributed by atoms with Crippen molar-refractivity contribution in [1.82, 2.24) is 30.6 Å². The third-order valence-electron chi connectivity index (χ3n) is 6.33. The molecular weight excluding hydrogens is 496 g/mol. The number of aromatic nitrogens is 6. The van der Waals surface area contributed by atoms with Gasteiger partial charge >= 0.3 is 0 Å². The van der Waals surface area contributed by atoms with E-state index in [4.69, 9.17) is 16.6 Å². The highest BCUT2D eigenvalue weighted by molar-refractivity contribution is 7.90. The van der Waals surface area contributed by atoms with Crippen molar-refractivity contribution in [2.75, 3.05) is 0 Å². The fourth-order valence-corrected chi connectivity index (χ4v) is 6.30. The molecule has 0 aliphatic heterocycles. The number of hydrogen-bond acceptors (Lipinski definition) is 6. The normalized spacial score (nSPS) is 12.8. The van der Waals surface area contributed by atoms with Crippen molar-refractivity contribution in [3.05, 3.63) is 87.7 Å². The summed E-state index contributed by atoms with van der Waals surface area (Å²) in [6, 6.07) is 16.4. The zero-order valence-electron chi connectivity index (χ0n) is 20.1. The van der Waals surface area contributed by atoms with Gasteiger partial charge in [0.1, 0.15) is 5.82 Å². The SMILES string of the molecule is CCC(c1ccc(S(=O)(=O)Cc2cccc(-c3nn[nH]n3)c2Cl)cc1)c1nc2c(C)cc(C)cc2[nH]1. The van der Waals surface area contributed by atoms with E-state index in [1.807, 2.05) is 12.1 Å². The molecule has 0 bridgehead atoms.